The van der Waals surface area contributed by atoms with E-state index in [2.05, 4.69) is 15.2 Å². The largest absolute Gasteiger partial charge is 0.382 e. The van der Waals surface area contributed by atoms with Crippen LogP contribution in [-0.4, -0.2) is 34.4 Å². The zero-order chi connectivity index (χ0) is 16.2. The fourth-order valence-corrected chi connectivity index (χ4v) is 1.62. The third kappa shape index (κ3) is 5.68. The fraction of sp³-hybridized carbons (Fsp3) is 0.100. The lowest BCUT2D eigenvalue weighted by Crippen LogP contribution is -2.04. The van der Waals surface area contributed by atoms with E-state index in [0.717, 1.165) is 0 Å². The Bertz CT molecular complexity index is 746. The van der Waals surface area contributed by atoms with E-state index in [-0.39, 0.29) is 11.8 Å². The first kappa shape index (κ1) is 17.4. The highest BCUT2D eigenvalue weighted by molar-refractivity contribution is 7.85. The molecule has 0 spiro atoms. The van der Waals surface area contributed by atoms with Gasteiger partial charge >= 0.3 is 0 Å². The van der Waals surface area contributed by atoms with Crippen LogP contribution >= 0.6 is 23.2 Å². The number of hydrogen-bond acceptors (Lipinski definition) is 7. The number of nitrogens with two attached hydrogens (primary N) is 2. The molecular formula is C10H11Cl2N5O3S. The molecule has 0 atom stereocenters. The third-order valence-electron chi connectivity index (χ3n) is 1.94. The maximum atomic E-state index is 9.19. The summed E-state index contributed by atoms with van der Waals surface area (Å²) in [5, 5.41) is 8.24. The summed E-state index contributed by atoms with van der Waals surface area (Å²) in [6.07, 6.45) is 0.715. The molecule has 0 radical (unpaired) electrons. The van der Waals surface area contributed by atoms with E-state index in [1.807, 2.05) is 0 Å². The van der Waals surface area contributed by atoms with Crippen LogP contribution < -0.4 is 11.5 Å². The van der Waals surface area contributed by atoms with Crippen molar-refractivity contribution in [3.63, 3.8) is 0 Å². The van der Waals surface area contributed by atoms with Crippen molar-refractivity contribution in [2.75, 3.05) is 17.7 Å². The molecule has 21 heavy (non-hydrogen) atoms. The number of hydrogen-bond donors (Lipinski definition) is 3. The van der Waals surface area contributed by atoms with Gasteiger partial charge in [-0.25, -0.2) is 0 Å². The Labute approximate surface area is 130 Å². The van der Waals surface area contributed by atoms with Crippen molar-refractivity contribution in [1.82, 2.24) is 15.2 Å². The van der Waals surface area contributed by atoms with Crippen LogP contribution in [0.1, 0.15) is 0 Å². The van der Waals surface area contributed by atoms with Gasteiger partial charge in [-0.15, -0.1) is 10.2 Å². The Balaban J connectivity index is 0.000000383. The number of nitrogens with zero attached hydrogens (tertiary/aromatic N) is 3. The molecule has 0 amide bonds. The molecule has 0 saturated heterocycles. The Kier molecular flexibility index (Phi) is 5.67. The Morgan fingerprint density at radius 2 is 1.76 bits per heavy atom. The van der Waals surface area contributed by atoms with Crippen molar-refractivity contribution in [3.05, 3.63) is 28.2 Å². The molecule has 0 aliphatic rings. The van der Waals surface area contributed by atoms with Gasteiger partial charge in [0.05, 0.1) is 16.3 Å². The van der Waals surface area contributed by atoms with Gasteiger partial charge in [-0.3, -0.25) is 4.55 Å². The molecule has 8 nitrogen and oxygen atoms in total. The number of benzene rings is 1. The SMILES string of the molecule is CS(=O)(=O)O.Nc1nnc(-c2cccc(Cl)c2Cl)c(N)n1. The standard InChI is InChI=1S/C9H7Cl2N5.CH4O3S/c10-5-3-1-2-4(6(5)11)7-8(12)14-9(13)16-15-7;1-5(2,3)4/h1-3H,(H4,12,13,14,16);1H3,(H,2,3,4). The van der Waals surface area contributed by atoms with Crippen molar-refractivity contribution in [3.8, 4) is 11.3 Å². The minimum atomic E-state index is -3.67. The van der Waals surface area contributed by atoms with Gasteiger partial charge in [0, 0.05) is 5.56 Å². The van der Waals surface area contributed by atoms with Crippen molar-refractivity contribution in [1.29, 1.82) is 0 Å². The second kappa shape index (κ2) is 6.85. The van der Waals surface area contributed by atoms with E-state index in [4.69, 9.17) is 39.2 Å². The van der Waals surface area contributed by atoms with Gasteiger partial charge in [0.15, 0.2) is 5.82 Å². The summed E-state index contributed by atoms with van der Waals surface area (Å²) in [5.41, 5.74) is 12.0. The minimum Gasteiger partial charge on any atom is -0.382 e. The van der Waals surface area contributed by atoms with Gasteiger partial charge in [-0.1, -0.05) is 35.3 Å². The number of halogens is 2. The zero-order valence-electron chi connectivity index (χ0n) is 10.7. The normalized spacial score (nSPS) is 10.7. The van der Waals surface area contributed by atoms with Gasteiger partial charge < -0.3 is 11.5 Å². The van der Waals surface area contributed by atoms with Gasteiger partial charge in [0.1, 0.15) is 5.69 Å². The van der Waals surface area contributed by atoms with Crippen molar-refractivity contribution in [2.45, 2.75) is 0 Å². The van der Waals surface area contributed by atoms with Crippen LogP contribution in [-0.2, 0) is 10.1 Å². The lowest BCUT2D eigenvalue weighted by molar-refractivity contribution is 0.490. The van der Waals surface area contributed by atoms with Crippen LogP contribution in [0.5, 0.6) is 0 Å². The highest BCUT2D eigenvalue weighted by Crippen LogP contribution is 2.33. The molecule has 0 bridgehead atoms. The van der Waals surface area contributed by atoms with Gasteiger partial charge in [-0.05, 0) is 6.07 Å². The summed E-state index contributed by atoms with van der Waals surface area (Å²) >= 11 is 11.9. The predicted octanol–water partition coefficient (Wildman–Crippen LogP) is 1.51. The van der Waals surface area contributed by atoms with Crippen LogP contribution in [0, 0.1) is 0 Å². The minimum absolute atomic E-state index is 0.0133. The molecule has 1 heterocycles. The van der Waals surface area contributed by atoms with E-state index >= 15 is 0 Å². The molecule has 0 saturated carbocycles. The maximum absolute atomic E-state index is 9.19. The first-order valence-electron chi connectivity index (χ1n) is 5.22. The Morgan fingerprint density at radius 1 is 1.19 bits per heavy atom. The molecule has 1 aromatic carbocycles. The average molecular weight is 352 g/mol. The van der Waals surface area contributed by atoms with Gasteiger partial charge in [0.2, 0.25) is 5.95 Å². The molecule has 5 N–H and O–H groups in total. The lowest BCUT2D eigenvalue weighted by Gasteiger charge is -2.06. The van der Waals surface area contributed by atoms with Crippen LogP contribution in [0.2, 0.25) is 10.0 Å². The number of anilines is 2. The van der Waals surface area contributed by atoms with Crippen molar-refractivity contribution in [2.24, 2.45) is 0 Å². The van der Waals surface area contributed by atoms with Crippen LogP contribution in [0.15, 0.2) is 18.2 Å². The lowest BCUT2D eigenvalue weighted by atomic mass is 10.1. The molecule has 114 valence electrons. The van der Waals surface area contributed by atoms with Crippen LogP contribution in [0.4, 0.5) is 11.8 Å². The topological polar surface area (TPSA) is 145 Å². The van der Waals surface area contributed by atoms with Crippen LogP contribution in [0.25, 0.3) is 11.3 Å². The molecule has 2 aromatic rings. The van der Waals surface area contributed by atoms with Crippen molar-refractivity contribution < 1.29 is 13.0 Å². The zero-order valence-corrected chi connectivity index (χ0v) is 13.0. The summed E-state index contributed by atoms with van der Waals surface area (Å²) in [5.74, 6) is 0.177. The van der Waals surface area contributed by atoms with E-state index in [1.54, 1.807) is 18.2 Å². The molecule has 2 rings (SSSR count). The molecule has 1 aromatic heterocycles. The summed E-state index contributed by atoms with van der Waals surface area (Å²) in [6.45, 7) is 0. The van der Waals surface area contributed by atoms with E-state index in [0.29, 0.717) is 27.6 Å². The number of rotatable bonds is 1. The average Bonchev–Trinajstić information content (AvgIpc) is 2.31. The molecule has 0 fully saturated rings. The number of nitrogen functional groups attached to an aromatic ring is 2. The van der Waals surface area contributed by atoms with E-state index in [9.17, 15) is 8.42 Å². The highest BCUT2D eigenvalue weighted by Gasteiger charge is 2.12. The molecule has 0 aliphatic heterocycles. The van der Waals surface area contributed by atoms with Gasteiger partial charge in [0.25, 0.3) is 10.1 Å². The second-order valence-electron chi connectivity index (χ2n) is 3.74. The quantitative estimate of drug-likeness (QED) is 0.655. The first-order chi connectivity index (χ1) is 9.59. The summed E-state index contributed by atoms with van der Waals surface area (Å²) in [4.78, 5) is 3.80. The summed E-state index contributed by atoms with van der Waals surface area (Å²) in [7, 11) is -3.67. The summed E-state index contributed by atoms with van der Waals surface area (Å²) in [6, 6.07) is 5.13. The monoisotopic (exact) mass is 351 g/mol. The molecule has 0 unspecified atom stereocenters. The highest BCUT2D eigenvalue weighted by atomic mass is 35.5. The van der Waals surface area contributed by atoms with Crippen molar-refractivity contribution >= 4 is 45.1 Å². The Morgan fingerprint density at radius 3 is 2.29 bits per heavy atom. The molecule has 11 heteroatoms. The van der Waals surface area contributed by atoms with Crippen LogP contribution in [0.3, 0.4) is 0 Å². The maximum Gasteiger partial charge on any atom is 0.261 e. The summed E-state index contributed by atoms with van der Waals surface area (Å²) < 4.78 is 25.9. The molecular weight excluding hydrogens is 341 g/mol. The fourth-order valence-electron chi connectivity index (χ4n) is 1.23. The molecule has 0 aliphatic carbocycles. The number of aromatic nitrogens is 3. The van der Waals surface area contributed by atoms with E-state index in [1.165, 1.54) is 0 Å². The second-order valence-corrected chi connectivity index (χ2v) is 5.99. The Hall–Kier alpha value is -1.68. The van der Waals surface area contributed by atoms with Gasteiger partial charge in [-0.2, -0.15) is 13.4 Å². The first-order valence-corrected chi connectivity index (χ1v) is 7.82. The van der Waals surface area contributed by atoms with E-state index < -0.39 is 10.1 Å². The smallest absolute Gasteiger partial charge is 0.261 e. The third-order valence-corrected chi connectivity index (χ3v) is 2.76. The predicted molar refractivity (Wildman–Crippen MR) is 81.6 cm³/mol.